The van der Waals surface area contributed by atoms with Crippen LogP contribution in [0.2, 0.25) is 0 Å². The van der Waals surface area contributed by atoms with E-state index in [9.17, 15) is 4.79 Å². The zero-order valence-electron chi connectivity index (χ0n) is 11.8. The lowest BCUT2D eigenvalue weighted by Gasteiger charge is -2.12. The van der Waals surface area contributed by atoms with Crippen LogP contribution in [0.25, 0.3) is 0 Å². The lowest BCUT2D eigenvalue weighted by Crippen LogP contribution is -2.05. The minimum atomic E-state index is -0.475. The van der Waals surface area contributed by atoms with Gasteiger partial charge in [-0.3, -0.25) is 0 Å². The molecule has 2 aromatic carbocycles. The van der Waals surface area contributed by atoms with E-state index in [1.165, 1.54) is 7.11 Å². The number of anilines is 1. The first-order valence-corrected chi connectivity index (χ1v) is 6.24. The quantitative estimate of drug-likeness (QED) is 0.686. The van der Waals surface area contributed by atoms with Gasteiger partial charge in [0.2, 0.25) is 0 Å². The van der Waals surface area contributed by atoms with E-state index in [0.717, 1.165) is 11.1 Å². The number of hydrogen-bond acceptors (Lipinski definition) is 4. The van der Waals surface area contributed by atoms with Gasteiger partial charge in [0, 0.05) is 5.69 Å². The van der Waals surface area contributed by atoms with E-state index >= 15 is 0 Å². The molecule has 4 nitrogen and oxygen atoms in total. The molecule has 20 heavy (non-hydrogen) atoms. The predicted octanol–water partition coefficient (Wildman–Crippen LogP) is 3.46. The Bertz CT molecular complexity index is 650. The third kappa shape index (κ3) is 2.91. The third-order valence-electron chi connectivity index (χ3n) is 2.96. The van der Waals surface area contributed by atoms with Gasteiger partial charge in [0.25, 0.3) is 0 Å². The van der Waals surface area contributed by atoms with Crippen molar-refractivity contribution in [3.8, 4) is 11.5 Å². The molecule has 2 N–H and O–H groups in total. The summed E-state index contributed by atoms with van der Waals surface area (Å²) >= 11 is 0. The van der Waals surface area contributed by atoms with Crippen LogP contribution in [0.1, 0.15) is 21.5 Å². The van der Waals surface area contributed by atoms with Gasteiger partial charge in [-0.25, -0.2) is 4.79 Å². The molecule has 104 valence electrons. The van der Waals surface area contributed by atoms with Crippen LogP contribution in [0.15, 0.2) is 36.4 Å². The second-order valence-electron chi connectivity index (χ2n) is 4.62. The van der Waals surface area contributed by atoms with Crippen LogP contribution < -0.4 is 10.5 Å². The summed E-state index contributed by atoms with van der Waals surface area (Å²) in [4.78, 5) is 11.8. The smallest absolute Gasteiger partial charge is 0.341 e. The van der Waals surface area contributed by atoms with Crippen LogP contribution in [0.4, 0.5) is 5.69 Å². The van der Waals surface area contributed by atoms with Crippen molar-refractivity contribution in [3.63, 3.8) is 0 Å². The molecule has 0 aliphatic heterocycles. The van der Waals surface area contributed by atoms with Gasteiger partial charge in [0.1, 0.15) is 17.1 Å². The van der Waals surface area contributed by atoms with Gasteiger partial charge in [0.05, 0.1) is 7.11 Å². The average molecular weight is 271 g/mol. The van der Waals surface area contributed by atoms with Gasteiger partial charge in [-0.2, -0.15) is 0 Å². The number of benzene rings is 2. The number of aryl methyl sites for hydroxylation is 2. The number of carbonyl (C=O) groups excluding carboxylic acids is 1. The Morgan fingerprint density at radius 1 is 1.05 bits per heavy atom. The van der Waals surface area contributed by atoms with Gasteiger partial charge in [-0.15, -0.1) is 0 Å². The maximum atomic E-state index is 11.8. The summed E-state index contributed by atoms with van der Waals surface area (Å²) in [6.07, 6.45) is 0. The Labute approximate surface area is 118 Å². The predicted molar refractivity (Wildman–Crippen MR) is 78.2 cm³/mol. The van der Waals surface area contributed by atoms with Crippen molar-refractivity contribution in [2.24, 2.45) is 0 Å². The van der Waals surface area contributed by atoms with Crippen LogP contribution >= 0.6 is 0 Å². The molecule has 0 saturated carbocycles. The molecule has 0 fully saturated rings. The lowest BCUT2D eigenvalue weighted by atomic mass is 10.1. The first kappa shape index (κ1) is 13.9. The molecule has 0 aliphatic carbocycles. The molecule has 0 aliphatic rings. The van der Waals surface area contributed by atoms with Crippen LogP contribution in [0.3, 0.4) is 0 Å². The highest BCUT2D eigenvalue weighted by molar-refractivity contribution is 5.93. The van der Waals surface area contributed by atoms with E-state index < -0.39 is 5.97 Å². The highest BCUT2D eigenvalue weighted by Crippen LogP contribution is 2.30. The highest BCUT2D eigenvalue weighted by atomic mass is 16.5. The van der Waals surface area contributed by atoms with Gasteiger partial charge < -0.3 is 15.2 Å². The first-order chi connectivity index (χ1) is 9.51. The first-order valence-electron chi connectivity index (χ1n) is 6.24. The van der Waals surface area contributed by atoms with Gasteiger partial charge >= 0.3 is 5.97 Å². The summed E-state index contributed by atoms with van der Waals surface area (Å²) in [5.74, 6) is 0.653. The summed E-state index contributed by atoms with van der Waals surface area (Å²) in [5, 5.41) is 0. The fourth-order valence-corrected chi connectivity index (χ4v) is 1.94. The summed E-state index contributed by atoms with van der Waals surface area (Å²) in [5.41, 5.74) is 8.65. The minimum absolute atomic E-state index is 0.312. The maximum Gasteiger partial charge on any atom is 0.341 e. The van der Waals surface area contributed by atoms with Crippen LogP contribution in [-0.4, -0.2) is 13.1 Å². The number of esters is 1. The van der Waals surface area contributed by atoms with Crippen molar-refractivity contribution in [1.82, 2.24) is 0 Å². The summed E-state index contributed by atoms with van der Waals surface area (Å²) in [7, 11) is 1.33. The van der Waals surface area contributed by atoms with Crippen LogP contribution in [0.5, 0.6) is 11.5 Å². The fourth-order valence-electron chi connectivity index (χ4n) is 1.94. The number of hydrogen-bond donors (Lipinski definition) is 1. The largest absolute Gasteiger partial charge is 0.465 e. The van der Waals surface area contributed by atoms with Crippen LogP contribution in [-0.2, 0) is 4.74 Å². The van der Waals surface area contributed by atoms with Crippen molar-refractivity contribution in [2.45, 2.75) is 13.8 Å². The van der Waals surface area contributed by atoms with E-state index in [2.05, 4.69) is 0 Å². The average Bonchev–Trinajstić information content (AvgIpc) is 2.42. The Morgan fingerprint density at radius 3 is 2.40 bits per heavy atom. The summed E-state index contributed by atoms with van der Waals surface area (Å²) in [6.45, 7) is 3.97. The van der Waals surface area contributed by atoms with Crippen molar-refractivity contribution in [2.75, 3.05) is 12.8 Å². The molecular formula is C16H17NO3. The summed E-state index contributed by atoms with van der Waals surface area (Å²) < 4.78 is 10.6. The second kappa shape index (κ2) is 5.65. The number of methoxy groups -OCH3 is 1. The van der Waals surface area contributed by atoms with Crippen molar-refractivity contribution in [1.29, 1.82) is 0 Å². The Balaban J connectivity index is 2.40. The molecular weight excluding hydrogens is 254 g/mol. The van der Waals surface area contributed by atoms with E-state index in [1.54, 1.807) is 18.2 Å². The zero-order chi connectivity index (χ0) is 14.7. The van der Waals surface area contributed by atoms with E-state index in [4.69, 9.17) is 15.2 Å². The fraction of sp³-hybridized carbons (Fsp3) is 0.188. The lowest BCUT2D eigenvalue weighted by molar-refractivity contribution is 0.0598. The van der Waals surface area contributed by atoms with E-state index in [0.29, 0.717) is 22.7 Å². The van der Waals surface area contributed by atoms with Gasteiger partial charge in [-0.05, 0) is 43.7 Å². The molecule has 0 radical (unpaired) electrons. The van der Waals surface area contributed by atoms with Crippen molar-refractivity contribution < 1.29 is 14.3 Å². The zero-order valence-corrected chi connectivity index (χ0v) is 11.8. The Morgan fingerprint density at radius 2 is 1.75 bits per heavy atom. The van der Waals surface area contributed by atoms with E-state index in [1.807, 2.05) is 32.0 Å². The number of carbonyl (C=O) groups is 1. The second-order valence-corrected chi connectivity index (χ2v) is 4.62. The SMILES string of the molecule is COC(=O)c1cc(N)ccc1Oc1ccc(C)cc1C. The molecule has 0 bridgehead atoms. The third-order valence-corrected chi connectivity index (χ3v) is 2.96. The minimum Gasteiger partial charge on any atom is -0.465 e. The molecule has 0 aromatic heterocycles. The number of ether oxygens (including phenoxy) is 2. The molecule has 4 heteroatoms. The maximum absolute atomic E-state index is 11.8. The normalized spacial score (nSPS) is 10.2. The van der Waals surface area contributed by atoms with Crippen molar-refractivity contribution in [3.05, 3.63) is 53.1 Å². The molecule has 0 spiro atoms. The standard InChI is InChI=1S/C16H17NO3/c1-10-4-6-14(11(2)8-10)20-15-7-5-12(17)9-13(15)16(18)19-3/h4-9H,17H2,1-3H3. The monoisotopic (exact) mass is 271 g/mol. The molecule has 0 amide bonds. The van der Waals surface area contributed by atoms with Gasteiger partial charge in [0.15, 0.2) is 0 Å². The number of rotatable bonds is 3. The van der Waals surface area contributed by atoms with Gasteiger partial charge in [-0.1, -0.05) is 17.7 Å². The highest BCUT2D eigenvalue weighted by Gasteiger charge is 2.15. The Kier molecular flexibility index (Phi) is 3.94. The van der Waals surface area contributed by atoms with Crippen LogP contribution in [0, 0.1) is 13.8 Å². The molecule has 0 unspecified atom stereocenters. The molecule has 2 aromatic rings. The topological polar surface area (TPSA) is 61.5 Å². The summed E-state index contributed by atoms with van der Waals surface area (Å²) in [6, 6.07) is 10.8. The number of nitrogen functional groups attached to an aromatic ring is 1. The molecule has 0 saturated heterocycles. The number of nitrogens with two attached hydrogens (primary N) is 1. The van der Waals surface area contributed by atoms with E-state index in [-0.39, 0.29) is 0 Å². The van der Waals surface area contributed by atoms with Crippen molar-refractivity contribution >= 4 is 11.7 Å². The molecule has 0 atom stereocenters. The Hall–Kier alpha value is -2.49. The molecule has 0 heterocycles. The molecule has 2 rings (SSSR count).